The smallest absolute Gasteiger partial charge is 0.404 e. The van der Waals surface area contributed by atoms with E-state index in [2.05, 4.69) is 125 Å². The minimum absolute atomic E-state index is 0.0987. The predicted molar refractivity (Wildman–Crippen MR) is 254 cm³/mol. The molecule has 2 saturated heterocycles. The summed E-state index contributed by atoms with van der Waals surface area (Å²) in [4.78, 5) is 48.9. The van der Waals surface area contributed by atoms with Crippen LogP contribution >= 0.6 is 69.6 Å². The Hall–Kier alpha value is -4.33. The molecule has 23 heteroatoms. The topological polar surface area (TPSA) is 199 Å². The van der Waals surface area contributed by atoms with E-state index >= 15 is 0 Å². The summed E-state index contributed by atoms with van der Waals surface area (Å²) in [7, 11) is -2.84. The van der Waals surface area contributed by atoms with Crippen molar-refractivity contribution in [2.24, 2.45) is 15.7 Å². The van der Waals surface area contributed by atoms with Crippen LogP contribution in [0.1, 0.15) is 20.8 Å². The van der Waals surface area contributed by atoms with E-state index in [0.29, 0.717) is 30.7 Å². The van der Waals surface area contributed by atoms with Gasteiger partial charge >= 0.3 is 6.09 Å². The van der Waals surface area contributed by atoms with Gasteiger partial charge in [-0.3, -0.25) is 20.2 Å². The molecule has 16 nitrogen and oxygen atoms in total. The van der Waals surface area contributed by atoms with Crippen LogP contribution in [0.5, 0.6) is 0 Å². The predicted octanol–water partition coefficient (Wildman–Crippen LogP) is 3.30. The second-order valence-corrected chi connectivity index (χ2v) is 25.5. The molecule has 2 aromatic rings. The fourth-order valence-corrected chi connectivity index (χ4v) is 13.9. The Labute approximate surface area is 401 Å². The van der Waals surface area contributed by atoms with Crippen LogP contribution in [0.15, 0.2) is 120 Å². The Morgan fingerprint density at radius 2 is 1.16 bits per heavy atom. The van der Waals surface area contributed by atoms with E-state index in [1.165, 1.54) is 10.4 Å². The first-order valence-electron chi connectivity index (χ1n) is 20.0. The van der Waals surface area contributed by atoms with Gasteiger partial charge in [-0.25, -0.2) is 14.8 Å². The highest BCUT2D eigenvalue weighted by molar-refractivity contribution is 6.99. The third-order valence-corrected chi connectivity index (χ3v) is 17.7. The summed E-state index contributed by atoms with van der Waals surface area (Å²) in [5, 5.41) is 20.7. The lowest BCUT2D eigenvalue weighted by atomic mass is 9.93. The number of nitrogens with two attached hydrogens (primary N) is 1. The molecular formula is C41H47Cl6N11O5Si. The highest BCUT2D eigenvalue weighted by Crippen LogP contribution is 2.41. The monoisotopic (exact) mass is 1010 g/mol. The van der Waals surface area contributed by atoms with Gasteiger partial charge in [-0.15, -0.1) is 0 Å². The zero-order valence-electron chi connectivity index (χ0n) is 34.8. The second kappa shape index (κ2) is 17.8. The fraction of sp³-hybridized carbons (Fsp3) is 0.390. The molecule has 0 radical (unpaired) electrons. The van der Waals surface area contributed by atoms with Gasteiger partial charge in [0.25, 0.3) is 27.7 Å². The number of nitrogens with zero attached hydrogens (tertiary/aromatic N) is 4. The second-order valence-electron chi connectivity index (χ2n) is 16.7. The highest BCUT2D eigenvalue weighted by Gasteiger charge is 2.59. The van der Waals surface area contributed by atoms with E-state index in [1.807, 2.05) is 35.3 Å². The number of guanidine groups is 2. The average Bonchev–Trinajstić information content (AvgIpc) is 4.01. The molecule has 8 N–H and O–H groups in total. The van der Waals surface area contributed by atoms with Crippen LogP contribution in [-0.4, -0.2) is 117 Å². The summed E-state index contributed by atoms with van der Waals surface area (Å²) in [5.74, 6) is 0.0949. The molecule has 6 aliphatic heterocycles. The number of ether oxygens (including phenoxy) is 1. The van der Waals surface area contributed by atoms with Crippen LogP contribution in [-0.2, 0) is 18.8 Å². The molecule has 0 aromatic heterocycles. The minimum Gasteiger partial charge on any atom is -0.447 e. The standard InChI is InChI=1S/C28H32Cl3N5O2Si.C13H15Cl3N6O3/c1-19-32-23-22(33-25(34-24(37)28(29,30)31)36-17-11-16-27(23,36)35-19)18-38-39(26(2,3)4,20-12-7-5-8-13-20)21-14-9-6-10-15-21;1-6-18-8-7(5-25-10(17)24)19-11(20-9(23)13(14,15)16)22-4-2-3-12(8,22)21-6/h5-16,22-23,32,35H,1,17-18H2,2-4H3,(H,33,34,37);2-3,7-8,18,21H,1,4-5H2,(H2,17,24)(H,19,20,23)/t22-,23-,27+;7-,8-,12+/m00/s1. The molecule has 0 saturated carbocycles. The third-order valence-electron chi connectivity index (χ3n) is 11.6. The normalized spacial score (nSPS) is 26.6. The van der Waals surface area contributed by atoms with E-state index in [4.69, 9.17) is 89.5 Å². The Balaban J connectivity index is 0.000000211. The van der Waals surface area contributed by atoms with E-state index < -0.39 is 57.2 Å². The number of hydrogen-bond acceptors (Lipinski definition) is 13. The zero-order chi connectivity index (χ0) is 46.5. The fourth-order valence-electron chi connectivity index (χ4n) is 9.08. The van der Waals surface area contributed by atoms with E-state index in [1.54, 1.807) is 4.90 Å². The number of rotatable bonds is 7. The quantitative estimate of drug-likeness (QED) is 0.122. The molecular weight excluding hydrogens is 967 g/mol. The molecule has 2 aromatic carbocycles. The largest absolute Gasteiger partial charge is 0.447 e. The Kier molecular flexibility index (Phi) is 13.3. The van der Waals surface area contributed by atoms with E-state index in [9.17, 15) is 14.4 Å². The molecule has 2 spiro atoms. The highest BCUT2D eigenvalue weighted by atomic mass is 35.6. The molecule has 0 unspecified atom stereocenters. The molecule has 6 aliphatic rings. The van der Waals surface area contributed by atoms with Gasteiger partial charge in [0, 0.05) is 13.1 Å². The van der Waals surface area contributed by atoms with Crippen LogP contribution in [0.3, 0.4) is 0 Å². The summed E-state index contributed by atoms with van der Waals surface area (Å²) in [5.41, 5.74) is 3.59. The minimum atomic E-state index is -2.84. The van der Waals surface area contributed by atoms with Crippen LogP contribution in [0.4, 0.5) is 4.79 Å². The van der Waals surface area contributed by atoms with Gasteiger partial charge in [-0.2, -0.15) is 0 Å². The maximum absolute atomic E-state index is 12.7. The van der Waals surface area contributed by atoms with Crippen molar-refractivity contribution in [3.63, 3.8) is 0 Å². The van der Waals surface area contributed by atoms with Crippen molar-refractivity contribution in [3.05, 3.63) is 110 Å². The summed E-state index contributed by atoms with van der Waals surface area (Å²) in [6, 6.07) is 19.4. The maximum atomic E-state index is 12.7. The summed E-state index contributed by atoms with van der Waals surface area (Å²) < 4.78 is 7.82. The maximum Gasteiger partial charge on any atom is 0.404 e. The third kappa shape index (κ3) is 8.97. The number of carbonyl (C=O) groups excluding carboxylic acids is 3. The Morgan fingerprint density at radius 1 is 0.750 bits per heavy atom. The lowest BCUT2D eigenvalue weighted by Crippen LogP contribution is -2.71. The van der Waals surface area contributed by atoms with Crippen LogP contribution < -0.4 is 48.0 Å². The summed E-state index contributed by atoms with van der Waals surface area (Å²) in [6.45, 7) is 15.9. The summed E-state index contributed by atoms with van der Waals surface area (Å²) >= 11 is 34.5. The van der Waals surface area contributed by atoms with Crippen LogP contribution in [0.2, 0.25) is 5.04 Å². The van der Waals surface area contributed by atoms with Crippen molar-refractivity contribution in [1.29, 1.82) is 0 Å². The zero-order valence-corrected chi connectivity index (χ0v) is 40.3. The van der Waals surface area contributed by atoms with Gasteiger partial charge in [0.05, 0.1) is 30.3 Å². The first kappa shape index (κ1) is 47.6. The number of halogens is 6. The summed E-state index contributed by atoms with van der Waals surface area (Å²) in [6.07, 6.45) is 6.97. The van der Waals surface area contributed by atoms with Gasteiger partial charge < -0.3 is 46.0 Å². The van der Waals surface area contributed by atoms with Gasteiger partial charge in [0.2, 0.25) is 11.9 Å². The van der Waals surface area contributed by atoms with Crippen molar-refractivity contribution in [2.45, 2.75) is 68.9 Å². The van der Waals surface area contributed by atoms with Crippen molar-refractivity contribution in [3.8, 4) is 0 Å². The molecule has 0 aliphatic carbocycles. The lowest BCUT2D eigenvalue weighted by Gasteiger charge is -2.48. The Bertz CT molecular complexity index is 2270. The molecule has 8 rings (SSSR count). The first-order valence-corrected chi connectivity index (χ1v) is 24.2. The number of alkyl halides is 6. The number of primary amides is 1. The number of aliphatic imine (C=N–C) groups is 2. The van der Waals surface area contributed by atoms with Crippen LogP contribution in [0, 0.1) is 0 Å². The molecule has 64 heavy (non-hydrogen) atoms. The van der Waals surface area contributed by atoms with Crippen LogP contribution in [0.25, 0.3) is 0 Å². The molecule has 2 fully saturated rings. The molecule has 6 heterocycles. The average molecular weight is 1010 g/mol. The van der Waals surface area contributed by atoms with Gasteiger partial charge in [-0.05, 0) is 27.6 Å². The van der Waals surface area contributed by atoms with Crippen molar-refractivity contribution in [1.82, 2.24) is 41.7 Å². The van der Waals surface area contributed by atoms with E-state index in [-0.39, 0.29) is 36.3 Å². The molecule has 6 atom stereocenters. The SMILES string of the molecule is C=C1N[C@H]2[C@H](COC(N)=O)N=C(NC(=O)C(Cl)(Cl)Cl)N3CC=C[C@]23N1.C=C1N[C@H]2[C@H](CO[Si](c3ccccc3)(c3ccccc3)C(C)(C)C)N=C(NC(=O)C(Cl)(Cl)Cl)N3CC=C[C@]23N1. The Morgan fingerprint density at radius 3 is 1.53 bits per heavy atom. The number of carbonyl (C=O) groups is 3. The lowest BCUT2D eigenvalue weighted by molar-refractivity contribution is -0.119. The molecule has 0 bridgehead atoms. The molecule has 342 valence electrons. The van der Waals surface area contributed by atoms with Crippen molar-refractivity contribution >= 4 is 118 Å². The number of amides is 3. The first-order chi connectivity index (χ1) is 30.0. The van der Waals surface area contributed by atoms with Gasteiger partial charge in [0.1, 0.15) is 18.7 Å². The number of hydrogen-bond donors (Lipinski definition) is 7. The van der Waals surface area contributed by atoms with Gasteiger partial charge in [0.15, 0.2) is 11.3 Å². The van der Waals surface area contributed by atoms with Crippen molar-refractivity contribution < 1.29 is 23.5 Å². The molecule has 3 amide bonds. The number of benzene rings is 2. The van der Waals surface area contributed by atoms with Crippen molar-refractivity contribution in [2.75, 3.05) is 26.3 Å². The van der Waals surface area contributed by atoms with Gasteiger partial charge in [-0.1, -0.05) is 176 Å². The van der Waals surface area contributed by atoms with E-state index in [0.717, 1.165) is 0 Å². The number of nitrogens with one attached hydrogen (secondary N) is 6.